The third kappa shape index (κ3) is 4.23. The first-order chi connectivity index (χ1) is 23.4. The Morgan fingerprint density at radius 2 is 1.78 bits per heavy atom. The number of nitrogens with one attached hydrogen (secondary N) is 1. The van der Waals surface area contributed by atoms with Crippen LogP contribution < -0.4 is 5.32 Å². The fraction of sp³-hybridized carbons (Fsp3) is 0.622. The summed E-state index contributed by atoms with van der Waals surface area (Å²) in [4.78, 5) is 30.1. The van der Waals surface area contributed by atoms with Crippen LogP contribution in [0.5, 0.6) is 0 Å². The second-order valence-electron chi connectivity index (χ2n) is 15.1. The highest BCUT2D eigenvalue weighted by molar-refractivity contribution is 6.37. The topological polar surface area (TPSA) is 127 Å². The molecule has 6 fully saturated rings. The van der Waals surface area contributed by atoms with Crippen LogP contribution in [-0.2, 0) is 18.9 Å². The highest BCUT2D eigenvalue weighted by Crippen LogP contribution is 2.79. The molecule has 5 saturated carbocycles. The molecule has 1 amide bonds. The van der Waals surface area contributed by atoms with Gasteiger partial charge in [-0.2, -0.15) is 0 Å². The molecule has 6 aliphatic rings. The van der Waals surface area contributed by atoms with E-state index in [1.807, 2.05) is 0 Å². The van der Waals surface area contributed by atoms with Crippen LogP contribution in [0.2, 0.25) is 10.0 Å². The van der Waals surface area contributed by atoms with Crippen LogP contribution in [0, 0.1) is 29.1 Å². The average molecular weight is 716 g/mol. The Morgan fingerprint density at radius 3 is 2.47 bits per heavy atom. The third-order valence-electron chi connectivity index (χ3n) is 13.7. The van der Waals surface area contributed by atoms with Crippen molar-refractivity contribution in [2.24, 2.45) is 29.1 Å². The van der Waals surface area contributed by atoms with E-state index >= 15 is 0 Å². The van der Waals surface area contributed by atoms with Crippen molar-refractivity contribution < 1.29 is 38.7 Å². The fourth-order valence-electron chi connectivity index (χ4n) is 12.3. The minimum atomic E-state index is -1.52. The van der Waals surface area contributed by atoms with Crippen LogP contribution in [0.15, 0.2) is 42.5 Å². The van der Waals surface area contributed by atoms with Crippen LogP contribution in [0.1, 0.15) is 59.7 Å². The number of benzene rings is 2. The maximum absolute atomic E-state index is 14.4. The number of carbonyl (C=O) groups excluding carboxylic acids is 2. The number of esters is 1. The number of hydrogen-bond acceptors (Lipinski definition) is 9. The molecule has 1 heterocycles. The van der Waals surface area contributed by atoms with E-state index in [0.29, 0.717) is 55.9 Å². The molecule has 1 aliphatic heterocycles. The second-order valence-corrected chi connectivity index (χ2v) is 15.9. The number of para-hydroxylation sites is 1. The number of hydrogen-bond donors (Lipinski definition) is 3. The molecule has 2 aromatic rings. The molecule has 12 heteroatoms. The summed E-state index contributed by atoms with van der Waals surface area (Å²) in [6.07, 6.45) is 1.61. The number of likely N-dealkylation sites (tertiary alicyclic amines) is 1. The van der Waals surface area contributed by atoms with Crippen molar-refractivity contribution in [3.8, 4) is 0 Å². The number of aliphatic hydroxyl groups is 2. The van der Waals surface area contributed by atoms with Gasteiger partial charge in [-0.1, -0.05) is 42.3 Å². The zero-order chi connectivity index (χ0) is 34.7. The monoisotopic (exact) mass is 714 g/mol. The molecular formula is C37H44Cl2N2O8. The lowest BCUT2D eigenvalue weighted by Crippen LogP contribution is -2.83. The summed E-state index contributed by atoms with van der Waals surface area (Å²) >= 11 is 12.4. The molecule has 264 valence electrons. The van der Waals surface area contributed by atoms with Crippen molar-refractivity contribution in [1.29, 1.82) is 0 Å². The molecule has 1 saturated heterocycles. The standard InChI is InChI=1S/C37H44Cl2N2O8/c1-5-41-18-34(49-33(43)21-8-6-7-9-25(21)40-32(42)20-11-10-19(38)14-24(20)39)13-12-29(47-3)36-27(34)16-23(30(36)41)35(44)17-26(46-2)22-15-28(36)37(35,45)31(22)48-4/h6-11,14,22-23,26-31,44-45H,5,12-13,15-18H2,1-4H3,(H,40,42)/t22-,23+,26+,27-,28+,29+,30?,31+,34-,35+,36+,37+/m1/s1. The molecule has 7 bridgehead atoms. The molecule has 1 spiro atoms. The predicted molar refractivity (Wildman–Crippen MR) is 182 cm³/mol. The number of amides is 1. The first-order valence-electron chi connectivity index (χ1n) is 17.3. The van der Waals surface area contributed by atoms with Crippen LogP contribution >= 0.6 is 23.2 Å². The van der Waals surface area contributed by atoms with Gasteiger partial charge < -0.3 is 34.5 Å². The van der Waals surface area contributed by atoms with E-state index in [-0.39, 0.29) is 58.1 Å². The molecular weight excluding hydrogens is 671 g/mol. The predicted octanol–water partition coefficient (Wildman–Crippen LogP) is 4.82. The lowest BCUT2D eigenvalue weighted by Gasteiger charge is -2.70. The van der Waals surface area contributed by atoms with Crippen molar-refractivity contribution in [2.75, 3.05) is 39.7 Å². The SMILES string of the molecule is CCN1C[C@]2(OC(=O)c3ccccc3NC(=O)c3ccc(Cl)cc3Cl)CC[C@H](OC)[C@]34C1[C@H](C[C@H]23)[C@@]1(O)C[C@H](OC)[C@H]2C[C@@H]4[C@]1(O)[C@H]2OC. The highest BCUT2D eigenvalue weighted by Gasteiger charge is 2.89. The van der Waals surface area contributed by atoms with E-state index < -0.39 is 40.2 Å². The first kappa shape index (κ1) is 33.8. The largest absolute Gasteiger partial charge is 0.454 e. The molecule has 10 nitrogen and oxygen atoms in total. The zero-order valence-corrected chi connectivity index (χ0v) is 29.7. The fourth-order valence-corrected chi connectivity index (χ4v) is 12.8. The van der Waals surface area contributed by atoms with Gasteiger partial charge in [-0.15, -0.1) is 0 Å². The number of nitrogens with zero attached hydrogens (tertiary/aromatic N) is 1. The maximum Gasteiger partial charge on any atom is 0.340 e. The number of rotatable bonds is 8. The maximum atomic E-state index is 14.4. The number of methoxy groups -OCH3 is 3. The molecule has 5 aliphatic carbocycles. The Bertz CT molecular complexity index is 1700. The molecule has 0 aromatic heterocycles. The van der Waals surface area contributed by atoms with Gasteiger partial charge in [0.2, 0.25) is 0 Å². The molecule has 8 rings (SSSR count). The van der Waals surface area contributed by atoms with Gasteiger partial charge in [-0.05, 0) is 62.6 Å². The zero-order valence-electron chi connectivity index (χ0n) is 28.2. The molecule has 12 atom stereocenters. The van der Waals surface area contributed by atoms with Gasteiger partial charge in [0.05, 0.1) is 40.1 Å². The minimum absolute atomic E-state index is 0.0857. The quantitative estimate of drug-likeness (QED) is 0.330. The van der Waals surface area contributed by atoms with Crippen molar-refractivity contribution >= 4 is 40.8 Å². The lowest BCUT2D eigenvalue weighted by atomic mass is 9.44. The van der Waals surface area contributed by atoms with Crippen LogP contribution in [0.25, 0.3) is 0 Å². The first-order valence-corrected chi connectivity index (χ1v) is 18.1. The summed E-state index contributed by atoms with van der Waals surface area (Å²) in [7, 11) is 5.02. The number of piperidine rings is 1. The Balaban J connectivity index is 1.19. The number of anilines is 1. The summed E-state index contributed by atoms with van der Waals surface area (Å²) in [5.74, 6) is -2.00. The molecule has 1 unspecified atom stereocenters. The van der Waals surface area contributed by atoms with Gasteiger partial charge >= 0.3 is 5.97 Å². The number of fused-ring (bicyclic) bond motifs is 2. The summed E-state index contributed by atoms with van der Waals surface area (Å²) in [5, 5.41) is 29.4. The van der Waals surface area contributed by atoms with Gasteiger partial charge in [0.15, 0.2) is 0 Å². The highest BCUT2D eigenvalue weighted by atomic mass is 35.5. The second kappa shape index (κ2) is 11.6. The lowest BCUT2D eigenvalue weighted by molar-refractivity contribution is -0.337. The van der Waals surface area contributed by atoms with E-state index in [1.54, 1.807) is 51.7 Å². The van der Waals surface area contributed by atoms with Gasteiger partial charge in [-0.3, -0.25) is 9.69 Å². The summed E-state index contributed by atoms with van der Waals surface area (Å²) in [6.45, 7) is 3.27. The summed E-state index contributed by atoms with van der Waals surface area (Å²) in [6, 6.07) is 11.3. The van der Waals surface area contributed by atoms with Gasteiger partial charge in [0.25, 0.3) is 5.91 Å². The Hall–Kier alpha value is -2.28. The van der Waals surface area contributed by atoms with Crippen LogP contribution in [0.4, 0.5) is 5.69 Å². The van der Waals surface area contributed by atoms with E-state index in [9.17, 15) is 19.8 Å². The smallest absolute Gasteiger partial charge is 0.340 e. The van der Waals surface area contributed by atoms with Gasteiger partial charge in [0.1, 0.15) is 16.8 Å². The molecule has 3 N–H and O–H groups in total. The Kier molecular flexibility index (Phi) is 8.02. The van der Waals surface area contributed by atoms with Crippen LogP contribution in [-0.4, -0.2) is 103 Å². The number of halogens is 2. The van der Waals surface area contributed by atoms with Crippen molar-refractivity contribution in [3.63, 3.8) is 0 Å². The van der Waals surface area contributed by atoms with E-state index in [0.717, 1.165) is 0 Å². The number of carbonyl (C=O) groups is 2. The van der Waals surface area contributed by atoms with Gasteiger partial charge in [-0.25, -0.2) is 4.79 Å². The molecule has 0 radical (unpaired) electrons. The molecule has 2 aromatic carbocycles. The minimum Gasteiger partial charge on any atom is -0.454 e. The number of ether oxygens (including phenoxy) is 4. The number of likely N-dealkylation sites (N-methyl/N-ethyl adjacent to an activating group) is 1. The Labute approximate surface area is 296 Å². The van der Waals surface area contributed by atoms with E-state index in [1.165, 1.54) is 12.1 Å². The summed E-state index contributed by atoms with van der Waals surface area (Å²) < 4.78 is 25.3. The van der Waals surface area contributed by atoms with Crippen molar-refractivity contribution in [2.45, 2.75) is 80.2 Å². The van der Waals surface area contributed by atoms with Gasteiger partial charge in [0, 0.05) is 74.4 Å². The summed E-state index contributed by atoms with van der Waals surface area (Å²) in [5.41, 5.74) is -3.76. The van der Waals surface area contributed by atoms with Crippen molar-refractivity contribution in [3.05, 3.63) is 63.6 Å². The van der Waals surface area contributed by atoms with Crippen LogP contribution in [0.3, 0.4) is 0 Å². The van der Waals surface area contributed by atoms with E-state index in [4.69, 9.17) is 42.1 Å². The normalized spacial score (nSPS) is 42.9. The molecule has 49 heavy (non-hydrogen) atoms. The van der Waals surface area contributed by atoms with E-state index in [2.05, 4.69) is 17.1 Å². The Morgan fingerprint density at radius 1 is 1.00 bits per heavy atom. The third-order valence-corrected chi connectivity index (χ3v) is 14.3. The van der Waals surface area contributed by atoms with Crippen molar-refractivity contribution in [1.82, 2.24) is 4.90 Å². The average Bonchev–Trinajstić information content (AvgIpc) is 3.51.